The monoisotopic (exact) mass is 316 g/mol. The number of anilines is 1. The van der Waals surface area contributed by atoms with Crippen LogP contribution in [0.25, 0.3) is 0 Å². The molecule has 3 N–H and O–H groups in total. The van der Waals surface area contributed by atoms with Crippen molar-refractivity contribution in [1.82, 2.24) is 5.32 Å². The molecule has 5 nitrogen and oxygen atoms in total. The topological polar surface area (TPSA) is 81.4 Å². The highest BCUT2D eigenvalue weighted by atomic mass is 19.1. The molecular formula is C17H17FN2O3. The SMILES string of the molecule is Nc1ccc(C(=O)OCC(=O)NCCc2ccccc2F)cc1. The number of ether oxygens (including phenoxy) is 1. The lowest BCUT2D eigenvalue weighted by atomic mass is 10.1. The Morgan fingerprint density at radius 2 is 1.78 bits per heavy atom. The zero-order valence-electron chi connectivity index (χ0n) is 12.4. The maximum Gasteiger partial charge on any atom is 0.338 e. The number of esters is 1. The van der Waals surface area contributed by atoms with Gasteiger partial charge in [0.15, 0.2) is 6.61 Å². The molecule has 0 radical (unpaired) electrons. The molecule has 0 bridgehead atoms. The number of halogens is 1. The fourth-order valence-corrected chi connectivity index (χ4v) is 1.92. The van der Waals surface area contributed by atoms with E-state index in [1.807, 2.05) is 0 Å². The zero-order valence-corrected chi connectivity index (χ0v) is 12.4. The molecule has 6 heteroatoms. The third-order valence-electron chi connectivity index (χ3n) is 3.16. The average molecular weight is 316 g/mol. The van der Waals surface area contributed by atoms with Crippen LogP contribution >= 0.6 is 0 Å². The molecule has 23 heavy (non-hydrogen) atoms. The van der Waals surface area contributed by atoms with E-state index in [9.17, 15) is 14.0 Å². The number of nitrogens with one attached hydrogen (secondary N) is 1. The minimum atomic E-state index is -0.603. The molecule has 0 fully saturated rings. The summed E-state index contributed by atoms with van der Waals surface area (Å²) >= 11 is 0. The number of carbonyl (C=O) groups excluding carboxylic acids is 2. The lowest BCUT2D eigenvalue weighted by Gasteiger charge is -2.07. The van der Waals surface area contributed by atoms with Gasteiger partial charge in [-0.25, -0.2) is 9.18 Å². The Kier molecular flexibility index (Phi) is 5.68. The number of hydrogen-bond acceptors (Lipinski definition) is 4. The predicted molar refractivity (Wildman–Crippen MR) is 84.3 cm³/mol. The van der Waals surface area contributed by atoms with Gasteiger partial charge in [-0.2, -0.15) is 0 Å². The second-order valence-electron chi connectivity index (χ2n) is 4.89. The Morgan fingerprint density at radius 3 is 2.48 bits per heavy atom. The molecule has 0 aliphatic heterocycles. The molecule has 1 amide bonds. The summed E-state index contributed by atoms with van der Waals surface area (Å²) < 4.78 is 18.3. The van der Waals surface area contributed by atoms with Crippen LogP contribution in [0.5, 0.6) is 0 Å². The molecule has 0 aliphatic carbocycles. The molecule has 2 rings (SSSR count). The van der Waals surface area contributed by atoms with Crippen molar-refractivity contribution in [1.29, 1.82) is 0 Å². The number of nitrogens with two attached hydrogens (primary N) is 1. The van der Waals surface area contributed by atoms with Gasteiger partial charge >= 0.3 is 5.97 Å². The van der Waals surface area contributed by atoms with Crippen molar-refractivity contribution in [3.05, 3.63) is 65.5 Å². The van der Waals surface area contributed by atoms with E-state index in [2.05, 4.69) is 5.32 Å². The van der Waals surface area contributed by atoms with Crippen molar-refractivity contribution in [2.24, 2.45) is 0 Å². The van der Waals surface area contributed by atoms with Crippen molar-refractivity contribution in [3.8, 4) is 0 Å². The van der Waals surface area contributed by atoms with Crippen LogP contribution in [0.15, 0.2) is 48.5 Å². The van der Waals surface area contributed by atoms with Gasteiger partial charge in [0, 0.05) is 12.2 Å². The second kappa shape index (κ2) is 7.93. The van der Waals surface area contributed by atoms with Crippen molar-refractivity contribution in [2.45, 2.75) is 6.42 Å². The lowest BCUT2D eigenvalue weighted by Crippen LogP contribution is -2.30. The van der Waals surface area contributed by atoms with E-state index in [1.54, 1.807) is 30.3 Å². The summed E-state index contributed by atoms with van der Waals surface area (Å²) in [6.07, 6.45) is 0.365. The number of amides is 1. The lowest BCUT2D eigenvalue weighted by molar-refractivity contribution is -0.124. The largest absolute Gasteiger partial charge is 0.452 e. The van der Waals surface area contributed by atoms with Crippen LogP contribution < -0.4 is 11.1 Å². The molecule has 0 saturated carbocycles. The molecule has 0 heterocycles. The first-order valence-corrected chi connectivity index (χ1v) is 7.09. The highest BCUT2D eigenvalue weighted by Crippen LogP contribution is 2.07. The van der Waals surface area contributed by atoms with Crippen LogP contribution in [0.1, 0.15) is 15.9 Å². The maximum atomic E-state index is 13.4. The van der Waals surface area contributed by atoms with Gasteiger partial charge < -0.3 is 15.8 Å². The third-order valence-corrected chi connectivity index (χ3v) is 3.16. The van der Waals surface area contributed by atoms with Crippen molar-refractivity contribution in [2.75, 3.05) is 18.9 Å². The average Bonchev–Trinajstić information content (AvgIpc) is 2.55. The van der Waals surface area contributed by atoms with Gasteiger partial charge in [0.25, 0.3) is 5.91 Å². The van der Waals surface area contributed by atoms with Gasteiger partial charge in [0.1, 0.15) is 5.82 Å². The summed E-state index contributed by atoms with van der Waals surface area (Å²) in [7, 11) is 0. The second-order valence-corrected chi connectivity index (χ2v) is 4.89. The van der Waals surface area contributed by atoms with Crippen LogP contribution in [0, 0.1) is 5.82 Å². The van der Waals surface area contributed by atoms with Gasteiger partial charge in [0.05, 0.1) is 5.56 Å². The van der Waals surface area contributed by atoms with Crippen molar-refractivity contribution >= 4 is 17.6 Å². The highest BCUT2D eigenvalue weighted by Gasteiger charge is 2.10. The standard InChI is InChI=1S/C17H17FN2O3/c18-15-4-2-1-3-12(15)9-10-20-16(21)11-23-17(22)13-5-7-14(19)8-6-13/h1-8H,9-11,19H2,(H,20,21). The van der Waals surface area contributed by atoms with E-state index in [0.29, 0.717) is 23.2 Å². The molecule has 0 spiro atoms. The van der Waals surface area contributed by atoms with Crippen molar-refractivity contribution in [3.63, 3.8) is 0 Å². The van der Waals surface area contributed by atoms with E-state index in [-0.39, 0.29) is 19.0 Å². The summed E-state index contributed by atoms with van der Waals surface area (Å²) in [5, 5.41) is 2.57. The van der Waals surface area contributed by atoms with Gasteiger partial charge in [-0.05, 0) is 42.3 Å². The molecular weight excluding hydrogens is 299 g/mol. The molecule has 2 aromatic rings. The Hall–Kier alpha value is -2.89. The number of benzene rings is 2. The van der Waals surface area contributed by atoms with Gasteiger partial charge in [0.2, 0.25) is 0 Å². The highest BCUT2D eigenvalue weighted by molar-refractivity contribution is 5.91. The molecule has 0 aliphatic rings. The van der Waals surface area contributed by atoms with Crippen LogP contribution in [0.4, 0.5) is 10.1 Å². The van der Waals surface area contributed by atoms with Crippen LogP contribution in [0.3, 0.4) is 0 Å². The molecule has 0 atom stereocenters. The summed E-state index contributed by atoms with van der Waals surface area (Å²) in [6.45, 7) is -0.125. The van der Waals surface area contributed by atoms with E-state index >= 15 is 0 Å². The normalized spacial score (nSPS) is 10.1. The quantitative estimate of drug-likeness (QED) is 0.630. The smallest absolute Gasteiger partial charge is 0.338 e. The first-order valence-electron chi connectivity index (χ1n) is 7.09. The van der Waals surface area contributed by atoms with E-state index in [4.69, 9.17) is 10.5 Å². The maximum absolute atomic E-state index is 13.4. The number of hydrogen-bond donors (Lipinski definition) is 2. The third kappa shape index (κ3) is 5.10. The Balaban J connectivity index is 1.72. The first-order chi connectivity index (χ1) is 11.1. The van der Waals surface area contributed by atoms with Crippen LogP contribution in [0.2, 0.25) is 0 Å². The van der Waals surface area contributed by atoms with Crippen LogP contribution in [-0.4, -0.2) is 25.0 Å². The number of nitrogen functional groups attached to an aromatic ring is 1. The molecule has 0 unspecified atom stereocenters. The number of carbonyl (C=O) groups is 2. The summed E-state index contributed by atoms with van der Waals surface area (Å²) in [5.74, 6) is -1.35. The Bertz CT molecular complexity index is 686. The van der Waals surface area contributed by atoms with Gasteiger partial charge in [-0.1, -0.05) is 18.2 Å². The number of rotatable bonds is 6. The van der Waals surface area contributed by atoms with Gasteiger partial charge in [-0.3, -0.25) is 4.79 Å². The van der Waals surface area contributed by atoms with E-state index < -0.39 is 11.9 Å². The zero-order chi connectivity index (χ0) is 16.7. The van der Waals surface area contributed by atoms with Crippen LogP contribution in [-0.2, 0) is 16.0 Å². The summed E-state index contributed by atoms with van der Waals surface area (Å²) in [6, 6.07) is 12.6. The van der Waals surface area contributed by atoms with Gasteiger partial charge in [-0.15, -0.1) is 0 Å². The Morgan fingerprint density at radius 1 is 1.09 bits per heavy atom. The molecule has 0 aromatic heterocycles. The van der Waals surface area contributed by atoms with Crippen molar-refractivity contribution < 1.29 is 18.7 Å². The van der Waals surface area contributed by atoms with E-state index in [0.717, 1.165) is 0 Å². The van der Waals surface area contributed by atoms with E-state index in [1.165, 1.54) is 18.2 Å². The minimum absolute atomic E-state index is 0.263. The molecule has 120 valence electrons. The first kappa shape index (κ1) is 16.5. The Labute approximate surface area is 133 Å². The predicted octanol–water partition coefficient (Wildman–Crippen LogP) is 1.92. The fourth-order valence-electron chi connectivity index (χ4n) is 1.92. The molecule has 0 saturated heterocycles. The minimum Gasteiger partial charge on any atom is -0.452 e. The fraction of sp³-hybridized carbons (Fsp3) is 0.176. The summed E-state index contributed by atoms with van der Waals surface area (Å²) in [4.78, 5) is 23.3. The molecule has 2 aromatic carbocycles. The summed E-state index contributed by atoms with van der Waals surface area (Å²) in [5.41, 5.74) is 6.89.